The highest BCUT2D eigenvalue weighted by Crippen LogP contribution is 2.40. The smallest absolute Gasteiger partial charge is 0.0874 e. The van der Waals surface area contributed by atoms with Crippen molar-refractivity contribution in [1.82, 2.24) is 15.0 Å². The Balaban J connectivity index is 1.88. The summed E-state index contributed by atoms with van der Waals surface area (Å²) in [7, 11) is 0. The molecule has 1 atom stereocenters. The van der Waals surface area contributed by atoms with Gasteiger partial charge in [-0.3, -0.25) is 0 Å². The zero-order chi connectivity index (χ0) is 13.2. The van der Waals surface area contributed by atoms with E-state index in [-0.39, 0.29) is 0 Å². The van der Waals surface area contributed by atoms with Crippen LogP contribution >= 0.6 is 0 Å². The molecule has 0 aliphatic heterocycles. The van der Waals surface area contributed by atoms with E-state index >= 15 is 0 Å². The fourth-order valence-electron chi connectivity index (χ4n) is 3.69. The molecule has 1 aromatic heterocycles. The number of nitrogens with two attached hydrogens (primary N) is 1. The molecular weight excluding hydrogens is 236 g/mol. The van der Waals surface area contributed by atoms with Crippen molar-refractivity contribution in [2.24, 2.45) is 11.7 Å². The van der Waals surface area contributed by atoms with Gasteiger partial charge < -0.3 is 5.73 Å². The van der Waals surface area contributed by atoms with Gasteiger partial charge >= 0.3 is 0 Å². The molecule has 3 rings (SSSR count). The standard InChI is InChI=1S/C15H26N4/c1-11(12-7-4-8-12)19-15(13-5-2-3-6-13)14(9-10-16)17-18-19/h11-13H,2-10,16H2,1H3. The van der Waals surface area contributed by atoms with Crippen LogP contribution in [0.5, 0.6) is 0 Å². The third-order valence-electron chi connectivity index (χ3n) is 5.15. The van der Waals surface area contributed by atoms with E-state index in [0.29, 0.717) is 18.5 Å². The predicted octanol–water partition coefficient (Wildman–Crippen LogP) is 2.80. The molecule has 2 saturated carbocycles. The molecule has 106 valence electrons. The van der Waals surface area contributed by atoms with Crippen LogP contribution in [0.4, 0.5) is 0 Å². The zero-order valence-electron chi connectivity index (χ0n) is 12.0. The maximum Gasteiger partial charge on any atom is 0.0874 e. The highest BCUT2D eigenvalue weighted by Gasteiger charge is 2.31. The van der Waals surface area contributed by atoms with Crippen molar-refractivity contribution in [2.45, 2.75) is 70.3 Å². The largest absolute Gasteiger partial charge is 0.330 e. The third-order valence-corrected chi connectivity index (χ3v) is 5.15. The van der Waals surface area contributed by atoms with E-state index in [1.54, 1.807) is 0 Å². The lowest BCUT2D eigenvalue weighted by Crippen LogP contribution is -2.26. The minimum absolute atomic E-state index is 0.517. The Morgan fingerprint density at radius 2 is 1.95 bits per heavy atom. The molecule has 1 aromatic rings. The summed E-state index contributed by atoms with van der Waals surface area (Å²) in [5.41, 5.74) is 8.32. The van der Waals surface area contributed by atoms with Crippen LogP contribution in [-0.4, -0.2) is 21.5 Å². The van der Waals surface area contributed by atoms with Gasteiger partial charge in [0.1, 0.15) is 0 Å². The first kappa shape index (κ1) is 13.1. The number of rotatable bonds is 5. The van der Waals surface area contributed by atoms with Crippen molar-refractivity contribution < 1.29 is 0 Å². The lowest BCUT2D eigenvalue weighted by atomic mass is 9.80. The lowest BCUT2D eigenvalue weighted by molar-refractivity contribution is 0.203. The topological polar surface area (TPSA) is 56.7 Å². The molecule has 1 unspecified atom stereocenters. The highest BCUT2D eigenvalue weighted by atomic mass is 15.4. The molecule has 0 saturated heterocycles. The SMILES string of the molecule is CC(C1CCC1)n1nnc(CCN)c1C1CCCC1. The quantitative estimate of drug-likeness (QED) is 0.887. The molecule has 2 N–H and O–H groups in total. The van der Waals surface area contributed by atoms with Gasteiger partial charge in [0.25, 0.3) is 0 Å². The third kappa shape index (κ3) is 2.42. The van der Waals surface area contributed by atoms with Crippen LogP contribution in [-0.2, 0) is 6.42 Å². The van der Waals surface area contributed by atoms with Gasteiger partial charge in [-0.25, -0.2) is 4.68 Å². The van der Waals surface area contributed by atoms with E-state index in [4.69, 9.17) is 5.73 Å². The second kappa shape index (κ2) is 5.61. The Morgan fingerprint density at radius 3 is 2.53 bits per heavy atom. The van der Waals surface area contributed by atoms with Crippen molar-refractivity contribution in [2.75, 3.05) is 6.54 Å². The van der Waals surface area contributed by atoms with Gasteiger partial charge in [0, 0.05) is 12.3 Å². The second-order valence-corrected chi connectivity index (χ2v) is 6.32. The van der Waals surface area contributed by atoms with Crippen LogP contribution in [0.1, 0.15) is 75.2 Å². The van der Waals surface area contributed by atoms with E-state index in [1.807, 2.05) is 0 Å². The summed E-state index contributed by atoms with van der Waals surface area (Å²) >= 11 is 0. The first-order valence-electron chi connectivity index (χ1n) is 7.95. The molecule has 2 fully saturated rings. The Kier molecular flexibility index (Phi) is 3.87. The molecule has 2 aliphatic rings. The molecule has 0 spiro atoms. The number of aromatic nitrogens is 3. The Morgan fingerprint density at radius 1 is 1.21 bits per heavy atom. The van der Waals surface area contributed by atoms with Crippen LogP contribution in [0.15, 0.2) is 0 Å². The van der Waals surface area contributed by atoms with Gasteiger partial charge in [0.15, 0.2) is 0 Å². The van der Waals surface area contributed by atoms with Crippen molar-refractivity contribution in [3.05, 3.63) is 11.4 Å². The zero-order valence-corrected chi connectivity index (χ0v) is 12.0. The van der Waals surface area contributed by atoms with Gasteiger partial charge in [-0.1, -0.05) is 24.5 Å². The van der Waals surface area contributed by atoms with Crippen LogP contribution < -0.4 is 5.73 Å². The summed E-state index contributed by atoms with van der Waals surface area (Å²) in [5.74, 6) is 1.49. The Bertz CT molecular complexity index is 416. The first-order valence-corrected chi connectivity index (χ1v) is 7.95. The number of hydrogen-bond donors (Lipinski definition) is 1. The molecule has 0 bridgehead atoms. The van der Waals surface area contributed by atoms with Crippen LogP contribution in [0.2, 0.25) is 0 Å². The molecule has 0 aromatic carbocycles. The van der Waals surface area contributed by atoms with Crippen LogP contribution in [0, 0.1) is 5.92 Å². The van der Waals surface area contributed by atoms with Crippen LogP contribution in [0.3, 0.4) is 0 Å². The maximum absolute atomic E-state index is 5.73. The summed E-state index contributed by atoms with van der Waals surface area (Å²) in [5, 5.41) is 8.94. The molecule has 19 heavy (non-hydrogen) atoms. The van der Waals surface area contributed by atoms with E-state index in [0.717, 1.165) is 12.3 Å². The molecule has 2 aliphatic carbocycles. The van der Waals surface area contributed by atoms with Crippen molar-refractivity contribution in [3.63, 3.8) is 0 Å². The number of hydrogen-bond acceptors (Lipinski definition) is 3. The minimum Gasteiger partial charge on any atom is -0.330 e. The number of nitrogens with zero attached hydrogens (tertiary/aromatic N) is 3. The fraction of sp³-hybridized carbons (Fsp3) is 0.867. The molecular formula is C15H26N4. The summed E-state index contributed by atoms with van der Waals surface area (Å²) in [6.07, 6.45) is 10.3. The molecule has 0 radical (unpaired) electrons. The summed E-state index contributed by atoms with van der Waals surface area (Å²) in [6.45, 7) is 3.00. The first-order chi connectivity index (χ1) is 9.31. The van der Waals surface area contributed by atoms with Gasteiger partial charge in [0.05, 0.1) is 17.4 Å². The minimum atomic E-state index is 0.517. The monoisotopic (exact) mass is 262 g/mol. The summed E-state index contributed by atoms with van der Waals surface area (Å²) in [4.78, 5) is 0. The Hall–Kier alpha value is -0.900. The van der Waals surface area contributed by atoms with Crippen molar-refractivity contribution >= 4 is 0 Å². The van der Waals surface area contributed by atoms with Crippen molar-refractivity contribution in [1.29, 1.82) is 0 Å². The predicted molar refractivity (Wildman–Crippen MR) is 76.0 cm³/mol. The van der Waals surface area contributed by atoms with Gasteiger partial charge in [0.2, 0.25) is 0 Å². The van der Waals surface area contributed by atoms with Gasteiger partial charge in [-0.2, -0.15) is 0 Å². The summed E-state index contributed by atoms with van der Waals surface area (Å²) < 4.78 is 2.25. The van der Waals surface area contributed by atoms with Crippen molar-refractivity contribution in [3.8, 4) is 0 Å². The van der Waals surface area contributed by atoms with Gasteiger partial charge in [-0.15, -0.1) is 5.10 Å². The summed E-state index contributed by atoms with van der Waals surface area (Å²) in [6, 6.07) is 0.517. The molecule has 4 nitrogen and oxygen atoms in total. The average Bonchev–Trinajstić information content (AvgIpc) is 2.94. The molecule has 1 heterocycles. The molecule has 0 amide bonds. The van der Waals surface area contributed by atoms with E-state index in [2.05, 4.69) is 21.9 Å². The Labute approximate surface area is 115 Å². The maximum atomic E-state index is 5.73. The van der Waals surface area contributed by atoms with E-state index < -0.39 is 0 Å². The second-order valence-electron chi connectivity index (χ2n) is 6.32. The normalized spacial score (nSPS) is 22.6. The lowest BCUT2D eigenvalue weighted by Gasteiger charge is -2.32. The molecule has 4 heteroatoms. The fourth-order valence-corrected chi connectivity index (χ4v) is 3.69. The van der Waals surface area contributed by atoms with Gasteiger partial charge in [-0.05, 0) is 45.1 Å². The highest BCUT2D eigenvalue weighted by molar-refractivity contribution is 5.18. The average molecular weight is 262 g/mol. The van der Waals surface area contributed by atoms with Crippen LogP contribution in [0.25, 0.3) is 0 Å². The van der Waals surface area contributed by atoms with E-state index in [9.17, 15) is 0 Å². The van der Waals surface area contributed by atoms with E-state index in [1.165, 1.54) is 56.3 Å².